The first-order chi connectivity index (χ1) is 12.8. The molecule has 1 unspecified atom stereocenters. The van der Waals surface area contributed by atoms with Gasteiger partial charge in [-0.1, -0.05) is 5.16 Å². The average Bonchev–Trinajstić information content (AvgIpc) is 2.63. The first-order valence-electron chi connectivity index (χ1n) is 7.73. The number of carbonyl (C=O) groups excluding carboxylic acids is 2. The number of nitrogens with two attached hydrogens (primary N) is 1. The topological polar surface area (TPSA) is 160 Å². The van der Waals surface area contributed by atoms with Crippen LogP contribution in [0.3, 0.4) is 0 Å². The van der Waals surface area contributed by atoms with E-state index in [-0.39, 0.29) is 23.1 Å². The number of amides is 2. The molecule has 4 N–H and O–H groups in total. The maximum atomic E-state index is 12.6. The van der Waals surface area contributed by atoms with Gasteiger partial charge in [-0.3, -0.25) is 14.5 Å². The Labute approximate surface area is 157 Å². The third kappa shape index (κ3) is 3.30. The van der Waals surface area contributed by atoms with Crippen LogP contribution in [0.15, 0.2) is 28.7 Å². The quantitative estimate of drug-likeness (QED) is 0.330. The van der Waals surface area contributed by atoms with Gasteiger partial charge in [-0.05, 0) is 18.6 Å². The lowest BCUT2D eigenvalue weighted by atomic mass is 10.0. The summed E-state index contributed by atoms with van der Waals surface area (Å²) in [5, 5.41) is 15.0. The van der Waals surface area contributed by atoms with E-state index in [1.807, 2.05) is 0 Å². The second-order valence-electron chi connectivity index (χ2n) is 5.72. The molecule has 2 aliphatic heterocycles. The molecule has 0 spiro atoms. The van der Waals surface area contributed by atoms with Crippen LogP contribution in [-0.2, 0) is 19.2 Å². The second kappa shape index (κ2) is 7.23. The summed E-state index contributed by atoms with van der Waals surface area (Å²) in [4.78, 5) is 50.2. The largest absolute Gasteiger partial charge is 0.477 e. The molecule has 1 aromatic heterocycles. The molecule has 0 bridgehead atoms. The lowest BCUT2D eigenvalue weighted by molar-refractivity contribution is -0.150. The molecule has 11 nitrogen and oxygen atoms in total. The number of nitrogens with one attached hydrogen (secondary N) is 1. The minimum atomic E-state index is -1.18. The zero-order chi connectivity index (χ0) is 19.7. The van der Waals surface area contributed by atoms with E-state index in [0.717, 1.165) is 0 Å². The van der Waals surface area contributed by atoms with Crippen molar-refractivity contribution in [2.45, 2.75) is 18.3 Å². The van der Waals surface area contributed by atoms with Crippen LogP contribution in [0.25, 0.3) is 0 Å². The van der Waals surface area contributed by atoms with E-state index in [9.17, 15) is 19.5 Å². The molecular formula is C15H16N6O5S. The summed E-state index contributed by atoms with van der Waals surface area (Å²) in [5.41, 5.74) is 5.90. The van der Waals surface area contributed by atoms with Gasteiger partial charge in [0, 0.05) is 11.9 Å². The van der Waals surface area contributed by atoms with Crippen LogP contribution in [0.2, 0.25) is 0 Å². The molecular weight excluding hydrogens is 376 g/mol. The van der Waals surface area contributed by atoms with E-state index in [0.29, 0.717) is 11.3 Å². The van der Waals surface area contributed by atoms with Crippen LogP contribution in [-0.4, -0.2) is 67.7 Å². The van der Waals surface area contributed by atoms with Crippen LogP contribution in [0, 0.1) is 0 Å². The number of aliphatic carboxylic acids is 1. The zero-order valence-electron chi connectivity index (χ0n) is 14.4. The van der Waals surface area contributed by atoms with Gasteiger partial charge in [0.25, 0.3) is 11.8 Å². The Morgan fingerprint density at radius 2 is 2.26 bits per heavy atom. The van der Waals surface area contributed by atoms with Gasteiger partial charge in [-0.25, -0.2) is 14.8 Å². The molecule has 3 rings (SSSR count). The van der Waals surface area contributed by atoms with E-state index < -0.39 is 29.2 Å². The van der Waals surface area contributed by atoms with Crippen molar-refractivity contribution in [3.05, 3.63) is 29.4 Å². The van der Waals surface area contributed by atoms with Crippen LogP contribution in [0.4, 0.5) is 5.82 Å². The first kappa shape index (κ1) is 18.6. The van der Waals surface area contributed by atoms with Crippen molar-refractivity contribution in [3.8, 4) is 0 Å². The van der Waals surface area contributed by atoms with Gasteiger partial charge in [0.1, 0.15) is 30.0 Å². The third-order valence-electron chi connectivity index (χ3n) is 3.93. The summed E-state index contributed by atoms with van der Waals surface area (Å²) >= 11 is 1.37. The fraction of sp³-hybridized carbons (Fsp3) is 0.333. The molecule has 1 fully saturated rings. The molecule has 12 heteroatoms. The molecule has 1 saturated heterocycles. The Hall–Kier alpha value is -3.15. The SMILES string of the molecule is CO/N=C(\C(=O)NC1C(=O)N2C(C(=O)O)=C(C)CS[C@H]12)c1nccc(N)n1. The van der Waals surface area contributed by atoms with Gasteiger partial charge in [0.05, 0.1) is 0 Å². The number of anilines is 1. The Balaban J connectivity index is 1.80. The number of rotatable bonds is 5. The lowest BCUT2D eigenvalue weighted by Crippen LogP contribution is -2.71. The summed E-state index contributed by atoms with van der Waals surface area (Å²) in [6, 6.07) is 0.549. The molecule has 3 heterocycles. The molecule has 27 heavy (non-hydrogen) atoms. The fourth-order valence-corrected chi connectivity index (χ4v) is 4.04. The van der Waals surface area contributed by atoms with E-state index in [2.05, 4.69) is 25.3 Å². The fourth-order valence-electron chi connectivity index (χ4n) is 2.75. The Kier molecular flexibility index (Phi) is 4.99. The monoisotopic (exact) mass is 392 g/mol. The number of hydrogen-bond donors (Lipinski definition) is 3. The Morgan fingerprint density at radius 1 is 1.52 bits per heavy atom. The Morgan fingerprint density at radius 3 is 2.89 bits per heavy atom. The summed E-state index contributed by atoms with van der Waals surface area (Å²) in [6.07, 6.45) is 1.36. The molecule has 0 aliphatic carbocycles. The highest BCUT2D eigenvalue weighted by Crippen LogP contribution is 2.40. The highest BCUT2D eigenvalue weighted by Gasteiger charge is 2.54. The van der Waals surface area contributed by atoms with Crippen molar-refractivity contribution in [1.29, 1.82) is 0 Å². The average molecular weight is 392 g/mol. The number of nitrogens with zero attached hydrogens (tertiary/aromatic N) is 4. The normalized spacial score (nSPS) is 22.1. The zero-order valence-corrected chi connectivity index (χ0v) is 15.2. The number of carboxylic acids is 1. The van der Waals surface area contributed by atoms with Gasteiger partial charge in [-0.15, -0.1) is 11.8 Å². The highest BCUT2D eigenvalue weighted by molar-refractivity contribution is 8.00. The first-order valence-corrected chi connectivity index (χ1v) is 8.78. The number of carbonyl (C=O) groups is 3. The van der Waals surface area contributed by atoms with Crippen molar-refractivity contribution < 1.29 is 24.3 Å². The van der Waals surface area contributed by atoms with Crippen molar-refractivity contribution in [1.82, 2.24) is 20.2 Å². The number of hydrogen-bond acceptors (Lipinski definition) is 9. The molecule has 1 aromatic rings. The van der Waals surface area contributed by atoms with Gasteiger partial charge >= 0.3 is 5.97 Å². The number of carboxylic acid groups (broad SMARTS) is 1. The van der Waals surface area contributed by atoms with Crippen LogP contribution in [0.5, 0.6) is 0 Å². The van der Waals surface area contributed by atoms with Crippen LogP contribution in [0.1, 0.15) is 12.7 Å². The standard InChI is InChI=1S/C15H16N6O5S/c1-6-5-27-14-9(13(23)21(14)10(6)15(24)25)19-12(22)8(20-26-2)11-17-4-3-7(16)18-11/h3-4,9,14H,5H2,1-2H3,(H,19,22)(H,24,25)(H2,16,17,18)/b20-8-/t9?,14-/m1/s1. The third-order valence-corrected chi connectivity index (χ3v) is 5.36. The van der Waals surface area contributed by atoms with Crippen molar-refractivity contribution >= 4 is 41.1 Å². The summed E-state index contributed by atoms with van der Waals surface area (Å²) in [7, 11) is 1.25. The maximum absolute atomic E-state index is 12.6. The molecule has 142 valence electrons. The highest BCUT2D eigenvalue weighted by atomic mass is 32.2. The second-order valence-corrected chi connectivity index (χ2v) is 6.83. The van der Waals surface area contributed by atoms with Gasteiger partial charge in [0.2, 0.25) is 5.71 Å². The van der Waals surface area contributed by atoms with E-state index in [1.165, 1.54) is 36.0 Å². The number of β-lactam (4-membered cyclic amide) rings is 1. The summed E-state index contributed by atoms with van der Waals surface area (Å²) < 4.78 is 0. The van der Waals surface area contributed by atoms with Crippen LogP contribution < -0.4 is 11.1 Å². The number of fused-ring (bicyclic) bond motifs is 1. The molecule has 0 aromatic carbocycles. The maximum Gasteiger partial charge on any atom is 0.352 e. The van der Waals surface area contributed by atoms with E-state index in [1.54, 1.807) is 6.92 Å². The van der Waals surface area contributed by atoms with Gasteiger partial charge in [-0.2, -0.15) is 0 Å². The Bertz CT molecular complexity index is 885. The lowest BCUT2D eigenvalue weighted by Gasteiger charge is -2.49. The van der Waals surface area contributed by atoms with E-state index >= 15 is 0 Å². The van der Waals surface area contributed by atoms with Gasteiger partial charge in [0.15, 0.2) is 5.82 Å². The van der Waals surface area contributed by atoms with E-state index in [4.69, 9.17) is 5.73 Å². The minimum absolute atomic E-state index is 0.0424. The van der Waals surface area contributed by atoms with Crippen LogP contribution >= 0.6 is 11.8 Å². The summed E-state index contributed by atoms with van der Waals surface area (Å²) in [6.45, 7) is 1.66. The summed E-state index contributed by atoms with van der Waals surface area (Å²) in [5.74, 6) is -1.90. The van der Waals surface area contributed by atoms with Crippen molar-refractivity contribution in [2.24, 2.45) is 5.16 Å². The molecule has 2 amide bonds. The number of aromatic nitrogens is 2. The molecule has 2 aliphatic rings. The van der Waals surface area contributed by atoms with Crippen molar-refractivity contribution in [2.75, 3.05) is 18.6 Å². The molecule has 0 radical (unpaired) electrons. The minimum Gasteiger partial charge on any atom is -0.477 e. The number of nitrogen functional groups attached to an aromatic ring is 1. The predicted octanol–water partition coefficient (Wildman–Crippen LogP) is -0.832. The number of oxime groups is 1. The smallest absolute Gasteiger partial charge is 0.352 e. The number of thioether (sulfide) groups is 1. The van der Waals surface area contributed by atoms with Gasteiger partial charge < -0.3 is 21.0 Å². The molecule has 0 saturated carbocycles. The van der Waals surface area contributed by atoms with Crippen molar-refractivity contribution in [3.63, 3.8) is 0 Å². The molecule has 2 atom stereocenters. The predicted molar refractivity (Wildman–Crippen MR) is 95.3 cm³/mol.